The van der Waals surface area contributed by atoms with Crippen molar-refractivity contribution in [3.8, 4) is 0 Å². The van der Waals surface area contributed by atoms with E-state index in [1.807, 2.05) is 0 Å². The van der Waals surface area contributed by atoms with Gasteiger partial charge in [0, 0.05) is 16.5 Å². The maximum atomic E-state index is 12.9. The lowest BCUT2D eigenvalue weighted by molar-refractivity contribution is 0.177. The van der Waals surface area contributed by atoms with E-state index in [1.165, 1.54) is 18.4 Å². The summed E-state index contributed by atoms with van der Waals surface area (Å²) in [5.74, 6) is -0.323. The zero-order valence-electron chi connectivity index (χ0n) is 8.66. The number of hydrogen-bond acceptors (Lipinski definition) is 2. The molecule has 2 rings (SSSR count). The molecule has 0 aliphatic heterocycles. The third-order valence-electron chi connectivity index (χ3n) is 2.43. The first-order valence-electron chi connectivity index (χ1n) is 4.93. The molecule has 1 atom stereocenters. The van der Waals surface area contributed by atoms with E-state index in [0.29, 0.717) is 16.5 Å². The van der Waals surface area contributed by atoms with Crippen LogP contribution in [0.15, 0.2) is 39.4 Å². The third-order valence-corrected chi connectivity index (χ3v) is 3.48. The summed E-state index contributed by atoms with van der Waals surface area (Å²) in [4.78, 5) is 0. The topological polar surface area (TPSA) is 33.4 Å². The highest BCUT2D eigenvalue weighted by Gasteiger charge is 2.16. The van der Waals surface area contributed by atoms with E-state index in [0.717, 1.165) is 5.56 Å². The largest absolute Gasteiger partial charge is 0.453 e. The fourth-order valence-corrected chi connectivity index (χ4v) is 2.30. The van der Waals surface area contributed by atoms with Crippen LogP contribution in [0.25, 0.3) is 0 Å². The summed E-state index contributed by atoms with van der Waals surface area (Å²) in [6.07, 6.45) is 0.976. The molecule has 1 heterocycles. The van der Waals surface area contributed by atoms with Crippen LogP contribution in [0.3, 0.4) is 0 Å². The maximum Gasteiger partial charge on any atom is 0.198 e. The number of aliphatic hydroxyl groups is 1. The highest BCUT2D eigenvalue weighted by molar-refractivity contribution is 9.10. The van der Waals surface area contributed by atoms with Gasteiger partial charge in [-0.05, 0) is 35.4 Å². The van der Waals surface area contributed by atoms with Gasteiger partial charge in [0.25, 0.3) is 0 Å². The van der Waals surface area contributed by atoms with Crippen LogP contribution in [0, 0.1) is 5.82 Å². The van der Waals surface area contributed by atoms with Crippen molar-refractivity contribution in [2.24, 2.45) is 0 Å². The molecule has 0 spiro atoms. The minimum Gasteiger partial charge on any atom is -0.453 e. The molecule has 1 N–H and O–H groups in total. The van der Waals surface area contributed by atoms with Gasteiger partial charge in [0.05, 0.1) is 12.4 Å². The van der Waals surface area contributed by atoms with Crippen molar-refractivity contribution in [2.75, 3.05) is 0 Å². The lowest BCUT2D eigenvalue weighted by Gasteiger charge is -2.10. The number of furan rings is 1. The average Bonchev–Trinajstić information content (AvgIpc) is 2.68. The molecule has 5 heteroatoms. The van der Waals surface area contributed by atoms with E-state index in [1.54, 1.807) is 12.1 Å². The maximum absolute atomic E-state index is 12.9. The number of halogens is 3. The van der Waals surface area contributed by atoms with Gasteiger partial charge in [-0.1, -0.05) is 22.0 Å². The average molecular weight is 320 g/mol. The predicted octanol–water partition coefficient (Wildman–Crippen LogP) is 4.11. The number of aliphatic hydroxyl groups excluding tert-OH is 1. The second kappa shape index (κ2) is 5.21. The molecule has 2 aromatic rings. The van der Waals surface area contributed by atoms with Crippen LogP contribution in [-0.2, 0) is 6.42 Å². The fourth-order valence-electron chi connectivity index (χ4n) is 1.55. The number of hydrogen-bond donors (Lipinski definition) is 1. The fraction of sp³-hybridized carbons (Fsp3) is 0.167. The van der Waals surface area contributed by atoms with E-state index in [-0.39, 0.29) is 11.0 Å². The van der Waals surface area contributed by atoms with Gasteiger partial charge in [0.1, 0.15) is 5.82 Å². The smallest absolute Gasteiger partial charge is 0.198 e. The molecule has 0 amide bonds. The molecule has 0 aliphatic rings. The van der Waals surface area contributed by atoms with Gasteiger partial charge < -0.3 is 9.52 Å². The summed E-state index contributed by atoms with van der Waals surface area (Å²) in [6.45, 7) is 0. The first-order valence-corrected chi connectivity index (χ1v) is 6.10. The standard InChI is InChI=1S/C12H9BrClFO2/c13-10-6-8(15)2-1-7(10)5-11(16)9-3-4-17-12(9)14/h1-4,6,11,16H,5H2. The zero-order chi connectivity index (χ0) is 12.4. The first-order chi connectivity index (χ1) is 8.08. The van der Waals surface area contributed by atoms with Gasteiger partial charge in [0.15, 0.2) is 5.22 Å². The predicted molar refractivity (Wildman–Crippen MR) is 66.5 cm³/mol. The van der Waals surface area contributed by atoms with Crippen molar-refractivity contribution in [2.45, 2.75) is 12.5 Å². The van der Waals surface area contributed by atoms with Crippen molar-refractivity contribution in [1.29, 1.82) is 0 Å². The molecular formula is C12H9BrClFO2. The van der Waals surface area contributed by atoms with Crippen LogP contribution < -0.4 is 0 Å². The van der Waals surface area contributed by atoms with Gasteiger partial charge >= 0.3 is 0 Å². The lowest BCUT2D eigenvalue weighted by atomic mass is 10.0. The van der Waals surface area contributed by atoms with Gasteiger partial charge in [-0.2, -0.15) is 0 Å². The van der Waals surface area contributed by atoms with Crippen molar-refractivity contribution >= 4 is 27.5 Å². The molecule has 1 unspecified atom stereocenters. The molecule has 17 heavy (non-hydrogen) atoms. The van der Waals surface area contributed by atoms with Crippen molar-refractivity contribution in [1.82, 2.24) is 0 Å². The van der Waals surface area contributed by atoms with Crippen LogP contribution in [0.4, 0.5) is 4.39 Å². The Bertz CT molecular complexity index is 527. The third kappa shape index (κ3) is 2.89. The summed E-state index contributed by atoms with van der Waals surface area (Å²) in [6, 6.07) is 5.95. The van der Waals surface area contributed by atoms with Crippen LogP contribution in [0.1, 0.15) is 17.2 Å². The van der Waals surface area contributed by atoms with Gasteiger partial charge in [-0.3, -0.25) is 0 Å². The SMILES string of the molecule is OC(Cc1ccc(F)cc1Br)c1ccoc1Cl. The van der Waals surface area contributed by atoms with Crippen molar-refractivity contribution in [3.63, 3.8) is 0 Å². The minimum absolute atomic E-state index is 0.177. The van der Waals surface area contributed by atoms with Crippen molar-refractivity contribution in [3.05, 3.63) is 57.2 Å². The van der Waals surface area contributed by atoms with Gasteiger partial charge in [-0.25, -0.2) is 4.39 Å². The second-order valence-corrected chi connectivity index (χ2v) is 4.80. The molecule has 0 aliphatic carbocycles. The summed E-state index contributed by atoms with van der Waals surface area (Å²) in [7, 11) is 0. The monoisotopic (exact) mass is 318 g/mol. The van der Waals surface area contributed by atoms with Gasteiger partial charge in [-0.15, -0.1) is 0 Å². The van der Waals surface area contributed by atoms with E-state index < -0.39 is 6.10 Å². The quantitative estimate of drug-likeness (QED) is 0.923. The van der Waals surface area contributed by atoms with Gasteiger partial charge in [0.2, 0.25) is 0 Å². The van der Waals surface area contributed by atoms with Crippen LogP contribution in [-0.4, -0.2) is 5.11 Å². The van der Waals surface area contributed by atoms with E-state index in [4.69, 9.17) is 16.0 Å². The summed E-state index contributed by atoms with van der Waals surface area (Å²) < 4.78 is 18.4. The van der Waals surface area contributed by atoms with Crippen LogP contribution in [0.2, 0.25) is 5.22 Å². The molecule has 2 nitrogen and oxygen atoms in total. The molecule has 0 saturated heterocycles. The van der Waals surface area contributed by atoms with E-state index >= 15 is 0 Å². The Kier molecular flexibility index (Phi) is 3.86. The minimum atomic E-state index is -0.775. The molecule has 0 radical (unpaired) electrons. The molecule has 90 valence electrons. The normalized spacial score (nSPS) is 12.7. The molecule has 0 bridgehead atoms. The summed E-state index contributed by atoms with van der Waals surface area (Å²) in [5.41, 5.74) is 1.33. The number of rotatable bonds is 3. The van der Waals surface area contributed by atoms with Crippen LogP contribution >= 0.6 is 27.5 Å². The molecule has 0 saturated carbocycles. The van der Waals surface area contributed by atoms with Crippen molar-refractivity contribution < 1.29 is 13.9 Å². The Labute approximate surface area is 111 Å². The Hall–Kier alpha value is -0.840. The number of benzene rings is 1. The Morgan fingerprint density at radius 3 is 2.76 bits per heavy atom. The zero-order valence-corrected chi connectivity index (χ0v) is 11.0. The molecule has 1 aromatic carbocycles. The molecule has 0 fully saturated rings. The highest BCUT2D eigenvalue weighted by atomic mass is 79.9. The van der Waals surface area contributed by atoms with E-state index in [2.05, 4.69) is 15.9 Å². The Morgan fingerprint density at radius 1 is 1.41 bits per heavy atom. The lowest BCUT2D eigenvalue weighted by Crippen LogP contribution is -2.02. The van der Waals surface area contributed by atoms with Crippen LogP contribution in [0.5, 0.6) is 0 Å². The second-order valence-electron chi connectivity index (χ2n) is 3.61. The molecule has 1 aromatic heterocycles. The highest BCUT2D eigenvalue weighted by Crippen LogP contribution is 2.29. The Morgan fingerprint density at radius 2 is 2.18 bits per heavy atom. The summed E-state index contributed by atoms with van der Waals surface area (Å²) >= 11 is 9.02. The van der Waals surface area contributed by atoms with E-state index in [9.17, 15) is 9.50 Å². The first kappa shape index (κ1) is 12.6. The summed E-state index contributed by atoms with van der Waals surface area (Å²) in [5, 5.41) is 10.2. The molecular weight excluding hydrogens is 310 g/mol. The Balaban J connectivity index is 2.19.